The number of nitrogens with one attached hydrogen (secondary N) is 1. The van der Waals surface area contributed by atoms with Gasteiger partial charge in [0.05, 0.1) is 11.6 Å². The van der Waals surface area contributed by atoms with Gasteiger partial charge in [-0.1, -0.05) is 17.3 Å². The molecule has 0 bridgehead atoms. The molecule has 3 heterocycles. The van der Waals surface area contributed by atoms with Crippen LogP contribution >= 0.6 is 0 Å². The van der Waals surface area contributed by atoms with E-state index in [-0.39, 0.29) is 18.6 Å². The molecule has 8 nitrogen and oxygen atoms in total. The first-order valence-electron chi connectivity index (χ1n) is 10.3. The summed E-state index contributed by atoms with van der Waals surface area (Å²) in [6.07, 6.45) is -1.09. The third-order valence-electron chi connectivity index (χ3n) is 5.32. The summed E-state index contributed by atoms with van der Waals surface area (Å²) in [5, 5.41) is 6.65. The van der Waals surface area contributed by atoms with Crippen molar-refractivity contribution >= 4 is 11.7 Å². The minimum Gasteiger partial charge on any atom is -0.375 e. The zero-order valence-corrected chi connectivity index (χ0v) is 17.8. The highest BCUT2D eigenvalue weighted by Crippen LogP contribution is 2.34. The Labute approximate surface area is 187 Å². The maximum atomic E-state index is 12.8. The lowest BCUT2D eigenvalue weighted by Crippen LogP contribution is -2.23. The lowest BCUT2D eigenvalue weighted by atomic mass is 10.1. The third-order valence-corrected chi connectivity index (χ3v) is 5.32. The van der Waals surface area contributed by atoms with Gasteiger partial charge < -0.3 is 14.6 Å². The lowest BCUT2D eigenvalue weighted by molar-refractivity contribution is -0.137. The molecule has 4 rings (SSSR count). The maximum absolute atomic E-state index is 12.8. The topological polar surface area (TPSA) is 93.4 Å². The maximum Gasteiger partial charge on any atom is 0.416 e. The Kier molecular flexibility index (Phi) is 6.70. The number of likely N-dealkylation sites (tertiary alicyclic amines) is 1. The number of alkyl halides is 3. The second-order valence-corrected chi connectivity index (χ2v) is 7.69. The molecule has 0 unspecified atom stereocenters. The van der Waals surface area contributed by atoms with Crippen molar-refractivity contribution in [3.05, 3.63) is 59.6 Å². The molecule has 174 valence electrons. The van der Waals surface area contributed by atoms with E-state index < -0.39 is 11.7 Å². The van der Waals surface area contributed by atoms with Crippen LogP contribution in [-0.4, -0.2) is 46.2 Å². The fraction of sp³-hybridized carbons (Fsp3) is 0.364. The number of hydrogen-bond donors (Lipinski definition) is 1. The third kappa shape index (κ3) is 5.55. The van der Waals surface area contributed by atoms with Gasteiger partial charge in [-0.25, -0.2) is 4.98 Å². The van der Waals surface area contributed by atoms with Crippen molar-refractivity contribution in [2.45, 2.75) is 31.6 Å². The van der Waals surface area contributed by atoms with Crippen LogP contribution in [0, 0.1) is 0 Å². The number of rotatable bonds is 7. The molecule has 1 N–H and O–H groups in total. The molecule has 33 heavy (non-hydrogen) atoms. The van der Waals surface area contributed by atoms with Crippen LogP contribution < -0.4 is 5.32 Å². The zero-order chi connectivity index (χ0) is 23.4. The van der Waals surface area contributed by atoms with E-state index in [0.29, 0.717) is 29.6 Å². The van der Waals surface area contributed by atoms with Crippen molar-refractivity contribution in [1.82, 2.24) is 20.0 Å². The Morgan fingerprint density at radius 1 is 1.24 bits per heavy atom. The monoisotopic (exact) mass is 461 g/mol. The molecule has 1 aliphatic rings. The quantitative estimate of drug-likeness (QED) is 0.567. The van der Waals surface area contributed by atoms with Crippen LogP contribution in [-0.2, 0) is 22.3 Å². The number of hydrogen-bond acceptors (Lipinski definition) is 7. The predicted octanol–water partition coefficient (Wildman–Crippen LogP) is 4.07. The highest BCUT2D eigenvalue weighted by molar-refractivity contribution is 5.90. The fourth-order valence-electron chi connectivity index (χ4n) is 3.73. The summed E-state index contributed by atoms with van der Waals surface area (Å²) in [6.45, 7) is 1.20. The molecule has 11 heteroatoms. The first-order chi connectivity index (χ1) is 15.8. The van der Waals surface area contributed by atoms with Gasteiger partial charge in [0.2, 0.25) is 11.7 Å². The Morgan fingerprint density at radius 2 is 2.03 bits per heavy atom. The van der Waals surface area contributed by atoms with Gasteiger partial charge in [0.25, 0.3) is 5.91 Å². The van der Waals surface area contributed by atoms with Crippen molar-refractivity contribution in [3.8, 4) is 11.4 Å². The molecular weight excluding hydrogens is 439 g/mol. The highest BCUT2D eigenvalue weighted by Gasteiger charge is 2.32. The van der Waals surface area contributed by atoms with Gasteiger partial charge in [-0.15, -0.1) is 0 Å². The first kappa shape index (κ1) is 22.9. The van der Waals surface area contributed by atoms with E-state index in [1.165, 1.54) is 25.4 Å². The van der Waals surface area contributed by atoms with Crippen LogP contribution in [0.3, 0.4) is 0 Å². The summed E-state index contributed by atoms with van der Waals surface area (Å²) in [5.41, 5.74) is 0.746. The number of amides is 1. The Morgan fingerprint density at radius 3 is 2.70 bits per heavy atom. The average molecular weight is 461 g/mol. The summed E-state index contributed by atoms with van der Waals surface area (Å²) < 4.78 is 48.6. The van der Waals surface area contributed by atoms with E-state index in [1.807, 2.05) is 0 Å². The highest BCUT2D eigenvalue weighted by atomic mass is 19.4. The number of carbonyl (C=O) groups excluding carboxylic acids is 1. The van der Waals surface area contributed by atoms with Gasteiger partial charge in [-0.2, -0.15) is 18.2 Å². The van der Waals surface area contributed by atoms with Crippen molar-refractivity contribution < 1.29 is 27.2 Å². The average Bonchev–Trinajstić information content (AvgIpc) is 3.44. The molecular formula is C22H22F3N5O3. The van der Waals surface area contributed by atoms with Crippen molar-refractivity contribution in [3.63, 3.8) is 0 Å². The number of carbonyl (C=O) groups is 1. The molecule has 1 amide bonds. The van der Waals surface area contributed by atoms with E-state index in [0.717, 1.165) is 37.1 Å². The van der Waals surface area contributed by atoms with E-state index in [4.69, 9.17) is 9.26 Å². The van der Waals surface area contributed by atoms with E-state index in [9.17, 15) is 18.0 Å². The molecule has 1 aromatic carbocycles. The molecule has 0 saturated carbocycles. The van der Waals surface area contributed by atoms with Crippen LogP contribution in [0.25, 0.3) is 11.4 Å². The van der Waals surface area contributed by atoms with E-state index >= 15 is 0 Å². The molecule has 1 atom stereocenters. The lowest BCUT2D eigenvalue weighted by Gasteiger charge is -2.21. The molecule has 0 spiro atoms. The van der Waals surface area contributed by atoms with Gasteiger partial charge >= 0.3 is 6.18 Å². The van der Waals surface area contributed by atoms with Crippen LogP contribution in [0.15, 0.2) is 47.1 Å². The number of anilines is 1. The second kappa shape index (κ2) is 9.67. The summed E-state index contributed by atoms with van der Waals surface area (Å²) in [6, 6.07) is 8.42. The van der Waals surface area contributed by atoms with Gasteiger partial charge in [0.1, 0.15) is 12.4 Å². The summed E-state index contributed by atoms with van der Waals surface area (Å²) in [5.74, 6) is 0.887. The number of ether oxygens (including phenoxy) is 1. The smallest absolute Gasteiger partial charge is 0.375 e. The normalized spacial score (nSPS) is 16.8. The summed E-state index contributed by atoms with van der Waals surface area (Å²) in [7, 11) is 1.43. The number of halogens is 3. The fourth-order valence-corrected chi connectivity index (χ4v) is 3.73. The van der Waals surface area contributed by atoms with E-state index in [2.05, 4.69) is 25.3 Å². The molecule has 2 aromatic heterocycles. The molecule has 3 aromatic rings. The van der Waals surface area contributed by atoms with Gasteiger partial charge in [-0.05, 0) is 49.2 Å². The number of methoxy groups -OCH3 is 1. The van der Waals surface area contributed by atoms with Gasteiger partial charge in [-0.3, -0.25) is 9.69 Å². The standard InChI is InChI=1S/C22H22F3N5O3/c1-32-13-19(31)27-18-9-6-15(11-26-18)20-28-21(33-29-20)17-3-2-10-30(17)12-14-4-7-16(8-5-14)22(23,24)25/h4-9,11,17H,2-3,10,12-13H2,1H3,(H,26,27,31)/t17-/m0/s1. The Hall–Kier alpha value is -3.31. The van der Waals surface area contributed by atoms with Crippen LogP contribution in [0.2, 0.25) is 0 Å². The van der Waals surface area contributed by atoms with Crippen LogP contribution in [0.5, 0.6) is 0 Å². The van der Waals surface area contributed by atoms with Crippen LogP contribution in [0.1, 0.15) is 35.9 Å². The minimum absolute atomic E-state index is 0.0675. The summed E-state index contributed by atoms with van der Waals surface area (Å²) >= 11 is 0. The molecule has 0 radical (unpaired) electrons. The van der Waals surface area contributed by atoms with Crippen molar-refractivity contribution in [1.29, 1.82) is 0 Å². The predicted molar refractivity (Wildman–Crippen MR) is 112 cm³/mol. The van der Waals surface area contributed by atoms with Crippen molar-refractivity contribution in [2.75, 3.05) is 25.6 Å². The van der Waals surface area contributed by atoms with Gasteiger partial charge in [0, 0.05) is 25.4 Å². The largest absolute Gasteiger partial charge is 0.416 e. The molecule has 1 aliphatic heterocycles. The Balaban J connectivity index is 1.42. The van der Waals surface area contributed by atoms with Crippen LogP contribution in [0.4, 0.5) is 19.0 Å². The molecule has 1 fully saturated rings. The Bertz CT molecular complexity index is 1080. The molecule has 0 aliphatic carbocycles. The first-order valence-corrected chi connectivity index (χ1v) is 10.3. The number of nitrogens with zero attached hydrogens (tertiary/aromatic N) is 4. The SMILES string of the molecule is COCC(=O)Nc1ccc(-c2noc([C@@H]3CCCN3Cc3ccc(C(F)(F)F)cc3)n2)cn1. The number of aromatic nitrogens is 3. The van der Waals surface area contributed by atoms with E-state index in [1.54, 1.807) is 12.1 Å². The number of benzene rings is 1. The minimum atomic E-state index is -4.35. The van der Waals surface area contributed by atoms with Gasteiger partial charge in [0.15, 0.2) is 0 Å². The second-order valence-electron chi connectivity index (χ2n) is 7.69. The zero-order valence-electron chi connectivity index (χ0n) is 17.8. The van der Waals surface area contributed by atoms with Crippen molar-refractivity contribution in [2.24, 2.45) is 0 Å². The summed E-state index contributed by atoms with van der Waals surface area (Å²) in [4.78, 5) is 22.4. The molecule has 1 saturated heterocycles. The number of pyridine rings is 1.